The second-order valence-corrected chi connectivity index (χ2v) is 6.41. The highest BCUT2D eigenvalue weighted by atomic mass is 35.5. The van der Waals surface area contributed by atoms with Crippen LogP contribution in [0.1, 0.15) is 23.1 Å². The molecule has 0 atom stereocenters. The Morgan fingerprint density at radius 3 is 2.50 bits per heavy atom. The van der Waals surface area contributed by atoms with Gasteiger partial charge in [-0.2, -0.15) is 0 Å². The number of carbonyl (C=O) groups is 1. The van der Waals surface area contributed by atoms with Crippen LogP contribution in [0.5, 0.6) is 0 Å². The Morgan fingerprint density at radius 2 is 1.93 bits per heavy atom. The fourth-order valence-electron chi connectivity index (χ4n) is 2.88. The number of rotatable bonds is 3. The number of nitrogens with one attached hydrogen (secondary N) is 1. The van der Waals surface area contributed by atoms with Crippen molar-refractivity contribution in [1.82, 2.24) is 14.5 Å². The molecule has 2 aromatic carbocycles. The molecule has 1 amide bonds. The monoisotopic (exact) mass is 394 g/mol. The Balaban J connectivity index is 0.000000236. The average Bonchev–Trinajstić information content (AvgIpc) is 3.24. The molecule has 0 aliphatic rings. The minimum atomic E-state index is -0.484. The zero-order chi connectivity index (χ0) is 20.1. The Labute approximate surface area is 166 Å². The van der Waals surface area contributed by atoms with Gasteiger partial charge in [-0.25, -0.2) is 4.98 Å². The number of primary amides is 1. The maximum atomic E-state index is 12.8. The van der Waals surface area contributed by atoms with Crippen LogP contribution in [0.25, 0.3) is 16.5 Å². The van der Waals surface area contributed by atoms with Crippen LogP contribution in [0, 0.1) is 0 Å². The van der Waals surface area contributed by atoms with E-state index in [1.807, 2.05) is 55.5 Å². The van der Waals surface area contributed by atoms with Gasteiger partial charge in [-0.05, 0) is 36.1 Å². The second kappa shape index (κ2) is 8.54. The second-order valence-electron chi connectivity index (χ2n) is 6.00. The van der Waals surface area contributed by atoms with E-state index in [0.29, 0.717) is 16.1 Å². The van der Waals surface area contributed by atoms with Crippen molar-refractivity contribution in [3.8, 4) is 5.69 Å². The molecule has 0 aliphatic carbocycles. The van der Waals surface area contributed by atoms with Gasteiger partial charge in [-0.15, -0.1) is 0 Å². The van der Waals surface area contributed by atoms with Crippen molar-refractivity contribution in [1.29, 1.82) is 0 Å². The molecule has 0 spiro atoms. The fourth-order valence-corrected chi connectivity index (χ4v) is 3.15. The first-order valence-corrected chi connectivity index (χ1v) is 9.07. The molecule has 6 nitrogen and oxygen atoms in total. The number of para-hydroxylation sites is 1. The fraction of sp³-hybridized carbons (Fsp3) is 0.0952. The standard InChI is InChI=1S/C17H14ClNO.C4H5N3O/c1-2-13-11-12-7-6-10-15(18)16(12)17(20)19(13)14-8-4-3-5-9-14;5-4(8)3-1-6-2-7-3/h3-11H,2H2,1H3;1-2H,(H2,5,8)(H,6,7). The van der Waals surface area contributed by atoms with Gasteiger partial charge in [0.1, 0.15) is 5.69 Å². The minimum absolute atomic E-state index is 0.0591. The zero-order valence-electron chi connectivity index (χ0n) is 15.2. The number of hydrogen-bond acceptors (Lipinski definition) is 3. The van der Waals surface area contributed by atoms with E-state index in [9.17, 15) is 9.59 Å². The average molecular weight is 395 g/mol. The minimum Gasteiger partial charge on any atom is -0.364 e. The van der Waals surface area contributed by atoms with Gasteiger partial charge in [0.25, 0.3) is 11.5 Å². The third-order valence-electron chi connectivity index (χ3n) is 4.21. The van der Waals surface area contributed by atoms with Crippen LogP contribution in [0.3, 0.4) is 0 Å². The van der Waals surface area contributed by atoms with Crippen molar-refractivity contribution in [3.63, 3.8) is 0 Å². The van der Waals surface area contributed by atoms with Crippen LogP contribution >= 0.6 is 11.6 Å². The Hall–Kier alpha value is -3.38. The summed E-state index contributed by atoms with van der Waals surface area (Å²) in [5, 5.41) is 1.97. The SMILES string of the molecule is CCc1cc2cccc(Cl)c2c(=O)n1-c1ccccc1.NC(=O)c1cnc[nH]1. The van der Waals surface area contributed by atoms with Crippen LogP contribution in [0.2, 0.25) is 5.02 Å². The molecule has 4 aromatic rings. The maximum absolute atomic E-state index is 12.8. The van der Waals surface area contributed by atoms with Crippen LogP contribution in [0.15, 0.2) is 71.9 Å². The lowest BCUT2D eigenvalue weighted by molar-refractivity contribution is 0.0996. The molecular formula is C21H19ClN4O2. The van der Waals surface area contributed by atoms with Crippen molar-refractivity contribution in [2.45, 2.75) is 13.3 Å². The van der Waals surface area contributed by atoms with E-state index in [1.165, 1.54) is 12.5 Å². The molecule has 2 heterocycles. The largest absolute Gasteiger partial charge is 0.364 e. The summed E-state index contributed by atoms with van der Waals surface area (Å²) in [6.07, 6.45) is 3.56. The molecule has 7 heteroatoms. The number of nitrogens with two attached hydrogens (primary N) is 1. The number of pyridine rings is 1. The summed E-state index contributed by atoms with van der Waals surface area (Å²) in [6.45, 7) is 2.05. The lowest BCUT2D eigenvalue weighted by atomic mass is 10.1. The molecule has 4 rings (SSSR count). The molecule has 3 N–H and O–H groups in total. The Kier molecular flexibility index (Phi) is 5.91. The van der Waals surface area contributed by atoms with Crippen molar-refractivity contribution < 1.29 is 4.79 Å². The summed E-state index contributed by atoms with van der Waals surface area (Å²) in [6, 6.07) is 17.3. The molecular weight excluding hydrogens is 376 g/mol. The van der Waals surface area contributed by atoms with E-state index >= 15 is 0 Å². The maximum Gasteiger partial charge on any atom is 0.266 e. The number of hydrogen-bond donors (Lipinski definition) is 2. The van der Waals surface area contributed by atoms with Gasteiger partial charge in [-0.3, -0.25) is 14.2 Å². The van der Waals surface area contributed by atoms with Crippen molar-refractivity contribution in [2.24, 2.45) is 5.73 Å². The lowest BCUT2D eigenvalue weighted by Gasteiger charge is -2.14. The van der Waals surface area contributed by atoms with Crippen molar-refractivity contribution in [2.75, 3.05) is 0 Å². The van der Waals surface area contributed by atoms with Gasteiger partial charge >= 0.3 is 0 Å². The Morgan fingerprint density at radius 1 is 1.18 bits per heavy atom. The number of carbonyl (C=O) groups excluding carboxylic acids is 1. The van der Waals surface area contributed by atoms with Gasteiger partial charge in [0, 0.05) is 11.4 Å². The van der Waals surface area contributed by atoms with Gasteiger partial charge in [0.05, 0.1) is 22.9 Å². The molecule has 28 heavy (non-hydrogen) atoms. The molecule has 0 saturated heterocycles. The molecule has 142 valence electrons. The highest BCUT2D eigenvalue weighted by Gasteiger charge is 2.11. The number of nitrogens with zero attached hydrogens (tertiary/aromatic N) is 2. The van der Waals surface area contributed by atoms with Crippen LogP contribution in [0.4, 0.5) is 0 Å². The summed E-state index contributed by atoms with van der Waals surface area (Å²) in [5.74, 6) is -0.484. The summed E-state index contributed by atoms with van der Waals surface area (Å²) in [4.78, 5) is 29.2. The number of benzene rings is 2. The first kappa shape index (κ1) is 19.4. The molecule has 0 radical (unpaired) electrons. The van der Waals surface area contributed by atoms with Gasteiger partial charge < -0.3 is 10.7 Å². The normalized spacial score (nSPS) is 10.4. The summed E-state index contributed by atoms with van der Waals surface area (Å²) in [5.41, 5.74) is 6.98. The number of aromatic nitrogens is 3. The first-order chi connectivity index (χ1) is 13.5. The summed E-state index contributed by atoms with van der Waals surface area (Å²) < 4.78 is 1.74. The highest BCUT2D eigenvalue weighted by molar-refractivity contribution is 6.35. The zero-order valence-corrected chi connectivity index (χ0v) is 16.0. The van der Waals surface area contributed by atoms with E-state index in [4.69, 9.17) is 17.3 Å². The number of halogens is 1. The van der Waals surface area contributed by atoms with Crippen LogP contribution in [-0.4, -0.2) is 20.4 Å². The van der Waals surface area contributed by atoms with E-state index < -0.39 is 5.91 Å². The van der Waals surface area contributed by atoms with Crippen molar-refractivity contribution >= 4 is 28.3 Å². The molecule has 0 aliphatic heterocycles. The number of imidazole rings is 1. The number of amides is 1. The van der Waals surface area contributed by atoms with E-state index in [2.05, 4.69) is 9.97 Å². The summed E-state index contributed by atoms with van der Waals surface area (Å²) in [7, 11) is 0. The van der Waals surface area contributed by atoms with Crippen LogP contribution < -0.4 is 11.3 Å². The van der Waals surface area contributed by atoms with E-state index in [1.54, 1.807) is 10.6 Å². The predicted octanol–water partition coefficient (Wildman–Crippen LogP) is 3.72. The summed E-state index contributed by atoms with van der Waals surface area (Å²) >= 11 is 6.20. The molecule has 0 bridgehead atoms. The first-order valence-electron chi connectivity index (χ1n) is 8.69. The van der Waals surface area contributed by atoms with E-state index in [0.717, 1.165) is 23.2 Å². The molecule has 0 saturated carbocycles. The number of aromatic amines is 1. The number of aryl methyl sites for hydroxylation is 1. The predicted molar refractivity (Wildman–Crippen MR) is 111 cm³/mol. The number of H-pyrrole nitrogens is 1. The number of fused-ring (bicyclic) bond motifs is 1. The van der Waals surface area contributed by atoms with Crippen molar-refractivity contribution in [3.05, 3.63) is 93.9 Å². The smallest absolute Gasteiger partial charge is 0.266 e. The molecule has 0 unspecified atom stereocenters. The van der Waals surface area contributed by atoms with Gasteiger partial charge in [-0.1, -0.05) is 48.9 Å². The molecule has 0 fully saturated rings. The third-order valence-corrected chi connectivity index (χ3v) is 4.53. The lowest BCUT2D eigenvalue weighted by Crippen LogP contribution is -2.22. The quantitative estimate of drug-likeness (QED) is 0.554. The van der Waals surface area contributed by atoms with E-state index in [-0.39, 0.29) is 5.56 Å². The van der Waals surface area contributed by atoms with Crippen LogP contribution in [-0.2, 0) is 6.42 Å². The Bertz CT molecular complexity index is 1150. The van der Waals surface area contributed by atoms with Gasteiger partial charge in [0.15, 0.2) is 0 Å². The third kappa shape index (κ3) is 3.97. The van der Waals surface area contributed by atoms with Gasteiger partial charge in [0.2, 0.25) is 0 Å². The highest BCUT2D eigenvalue weighted by Crippen LogP contribution is 2.22. The molecule has 2 aromatic heterocycles. The topological polar surface area (TPSA) is 93.8 Å².